The maximum atomic E-state index is 13.5. The van der Waals surface area contributed by atoms with E-state index in [0.29, 0.717) is 0 Å². The number of carbonyl (C=O) groups is 2. The standard InChI is InChI=1S/C27H25N3O3/c1-33-25(31)19-24(26(32)30-18-17-28-20-30)29-27(21-11-5-2-6-12-21,22-13-7-3-8-14-22)23-15-9-4-10-16-23/h2-18,20,24,29H,19H2,1H3. The van der Waals surface area contributed by atoms with Gasteiger partial charge in [0.1, 0.15) is 6.33 Å². The fourth-order valence-electron chi connectivity index (χ4n) is 4.10. The van der Waals surface area contributed by atoms with Gasteiger partial charge in [0.15, 0.2) is 0 Å². The number of hydrogen-bond acceptors (Lipinski definition) is 5. The first kappa shape index (κ1) is 22.2. The minimum absolute atomic E-state index is 0.137. The summed E-state index contributed by atoms with van der Waals surface area (Å²) in [6.45, 7) is 0. The maximum absolute atomic E-state index is 13.5. The van der Waals surface area contributed by atoms with Gasteiger partial charge in [-0.05, 0) is 16.7 Å². The third-order valence-corrected chi connectivity index (χ3v) is 5.67. The van der Waals surface area contributed by atoms with Crippen molar-refractivity contribution in [3.8, 4) is 0 Å². The predicted molar refractivity (Wildman–Crippen MR) is 126 cm³/mol. The molecule has 0 spiro atoms. The van der Waals surface area contributed by atoms with Gasteiger partial charge < -0.3 is 4.74 Å². The number of esters is 1. The number of methoxy groups -OCH3 is 1. The molecule has 3 aromatic carbocycles. The molecular formula is C27H25N3O3. The minimum Gasteiger partial charge on any atom is -0.469 e. The predicted octanol–water partition coefficient (Wildman–Crippen LogP) is 4.04. The molecule has 4 rings (SSSR count). The molecule has 1 N–H and O–H groups in total. The van der Waals surface area contributed by atoms with E-state index in [0.717, 1.165) is 16.7 Å². The summed E-state index contributed by atoms with van der Waals surface area (Å²) in [5, 5.41) is 3.57. The fraction of sp³-hybridized carbons (Fsp3) is 0.148. The molecule has 1 unspecified atom stereocenters. The average molecular weight is 440 g/mol. The zero-order chi connectivity index (χ0) is 23.1. The number of nitrogens with one attached hydrogen (secondary N) is 1. The highest BCUT2D eigenvalue weighted by Gasteiger charge is 2.40. The lowest BCUT2D eigenvalue weighted by atomic mass is 9.76. The van der Waals surface area contributed by atoms with Crippen LogP contribution in [-0.2, 0) is 15.1 Å². The van der Waals surface area contributed by atoms with Gasteiger partial charge in [-0.3, -0.25) is 19.5 Å². The van der Waals surface area contributed by atoms with Crippen LogP contribution in [-0.4, -0.2) is 34.6 Å². The van der Waals surface area contributed by atoms with Crippen molar-refractivity contribution in [1.29, 1.82) is 0 Å². The molecule has 166 valence electrons. The van der Waals surface area contributed by atoms with Crippen LogP contribution in [0, 0.1) is 0 Å². The van der Waals surface area contributed by atoms with E-state index >= 15 is 0 Å². The highest BCUT2D eigenvalue weighted by Crippen LogP contribution is 2.37. The summed E-state index contributed by atoms with van der Waals surface area (Å²) in [5.41, 5.74) is 1.92. The number of imidazole rings is 1. The molecule has 1 aromatic heterocycles. The molecule has 0 radical (unpaired) electrons. The Kier molecular flexibility index (Phi) is 6.76. The number of aromatic nitrogens is 2. The molecule has 0 fully saturated rings. The van der Waals surface area contributed by atoms with E-state index in [1.165, 1.54) is 24.2 Å². The van der Waals surface area contributed by atoms with Crippen LogP contribution in [0.5, 0.6) is 0 Å². The molecule has 1 atom stereocenters. The van der Waals surface area contributed by atoms with E-state index in [9.17, 15) is 9.59 Å². The zero-order valence-electron chi connectivity index (χ0n) is 18.3. The van der Waals surface area contributed by atoms with Crippen molar-refractivity contribution < 1.29 is 14.3 Å². The number of benzene rings is 3. The molecule has 0 aliphatic rings. The first-order valence-corrected chi connectivity index (χ1v) is 10.7. The molecule has 6 heteroatoms. The SMILES string of the molecule is COC(=O)CC(NC(c1ccccc1)(c1ccccc1)c1ccccc1)C(=O)n1ccnc1. The van der Waals surface area contributed by atoms with Crippen LogP contribution in [0.4, 0.5) is 0 Å². The summed E-state index contributed by atoms with van der Waals surface area (Å²) >= 11 is 0. The van der Waals surface area contributed by atoms with Crippen molar-refractivity contribution in [3.05, 3.63) is 126 Å². The number of hydrogen-bond donors (Lipinski definition) is 1. The van der Waals surface area contributed by atoms with Gasteiger partial charge >= 0.3 is 5.97 Å². The molecular weight excluding hydrogens is 414 g/mol. The molecule has 6 nitrogen and oxygen atoms in total. The van der Waals surface area contributed by atoms with Crippen LogP contribution in [0.2, 0.25) is 0 Å². The summed E-state index contributed by atoms with van der Waals surface area (Å²) < 4.78 is 6.31. The van der Waals surface area contributed by atoms with Crippen molar-refractivity contribution in [1.82, 2.24) is 14.9 Å². The highest BCUT2D eigenvalue weighted by atomic mass is 16.5. The summed E-state index contributed by atoms with van der Waals surface area (Å²) in [4.78, 5) is 29.8. The second kappa shape index (κ2) is 10.1. The van der Waals surface area contributed by atoms with Crippen molar-refractivity contribution in [2.75, 3.05) is 7.11 Å². The molecule has 0 amide bonds. The molecule has 0 aliphatic carbocycles. The summed E-state index contributed by atoms with van der Waals surface area (Å²) in [5.74, 6) is -0.783. The topological polar surface area (TPSA) is 73.2 Å². The van der Waals surface area contributed by atoms with Crippen molar-refractivity contribution in [3.63, 3.8) is 0 Å². The normalized spacial score (nSPS) is 12.2. The molecule has 4 aromatic rings. The third kappa shape index (κ3) is 4.61. The largest absolute Gasteiger partial charge is 0.469 e. The Bertz CT molecular complexity index is 1080. The fourth-order valence-corrected chi connectivity index (χ4v) is 4.10. The van der Waals surface area contributed by atoms with Crippen LogP contribution >= 0.6 is 0 Å². The third-order valence-electron chi connectivity index (χ3n) is 5.67. The van der Waals surface area contributed by atoms with Gasteiger partial charge in [0, 0.05) is 12.4 Å². The van der Waals surface area contributed by atoms with Crippen molar-refractivity contribution >= 4 is 11.9 Å². The second-order valence-corrected chi connectivity index (χ2v) is 7.63. The first-order chi connectivity index (χ1) is 16.1. The van der Waals surface area contributed by atoms with Gasteiger partial charge in [-0.25, -0.2) is 4.98 Å². The van der Waals surface area contributed by atoms with Gasteiger partial charge in [-0.1, -0.05) is 91.0 Å². The van der Waals surface area contributed by atoms with Crippen LogP contribution in [0.25, 0.3) is 0 Å². The molecule has 0 saturated heterocycles. The second-order valence-electron chi connectivity index (χ2n) is 7.63. The van der Waals surface area contributed by atoms with E-state index in [1.54, 1.807) is 6.20 Å². The highest BCUT2D eigenvalue weighted by molar-refractivity contribution is 5.88. The summed E-state index contributed by atoms with van der Waals surface area (Å²) in [6, 6.07) is 28.9. The van der Waals surface area contributed by atoms with Crippen molar-refractivity contribution in [2.24, 2.45) is 0 Å². The lowest BCUT2D eigenvalue weighted by molar-refractivity contribution is -0.141. The van der Waals surface area contributed by atoms with E-state index in [-0.39, 0.29) is 12.3 Å². The molecule has 0 aliphatic heterocycles. The minimum atomic E-state index is -0.904. The summed E-state index contributed by atoms with van der Waals surface area (Å²) in [7, 11) is 1.32. The maximum Gasteiger partial charge on any atom is 0.307 e. The van der Waals surface area contributed by atoms with Gasteiger partial charge in [0.25, 0.3) is 0 Å². The number of nitrogens with zero attached hydrogens (tertiary/aromatic N) is 2. The molecule has 0 bridgehead atoms. The van der Waals surface area contributed by atoms with Crippen LogP contribution < -0.4 is 5.32 Å². The Hall–Kier alpha value is -4.03. The van der Waals surface area contributed by atoms with Gasteiger partial charge in [-0.15, -0.1) is 0 Å². The van der Waals surface area contributed by atoms with Gasteiger partial charge in [0.2, 0.25) is 5.91 Å². The Morgan fingerprint density at radius 1 is 0.879 bits per heavy atom. The Labute approximate surface area is 192 Å². The Morgan fingerprint density at radius 3 is 1.76 bits per heavy atom. The summed E-state index contributed by atoms with van der Waals surface area (Å²) in [6.07, 6.45) is 4.40. The monoisotopic (exact) mass is 439 g/mol. The van der Waals surface area contributed by atoms with E-state index < -0.39 is 17.6 Å². The lowest BCUT2D eigenvalue weighted by Gasteiger charge is -2.39. The first-order valence-electron chi connectivity index (χ1n) is 10.7. The van der Waals surface area contributed by atoms with Crippen molar-refractivity contribution in [2.45, 2.75) is 18.0 Å². The van der Waals surface area contributed by atoms with E-state index in [2.05, 4.69) is 10.3 Å². The number of rotatable bonds is 8. The Balaban J connectivity index is 1.93. The van der Waals surface area contributed by atoms with E-state index in [4.69, 9.17) is 4.74 Å². The Morgan fingerprint density at radius 2 is 1.36 bits per heavy atom. The lowest BCUT2D eigenvalue weighted by Crippen LogP contribution is -2.54. The molecule has 33 heavy (non-hydrogen) atoms. The molecule has 0 saturated carbocycles. The number of carbonyl (C=O) groups excluding carboxylic acids is 2. The number of ether oxygens (including phenoxy) is 1. The average Bonchev–Trinajstić information content (AvgIpc) is 3.43. The van der Waals surface area contributed by atoms with Gasteiger partial charge in [-0.2, -0.15) is 0 Å². The quantitative estimate of drug-likeness (QED) is 0.331. The van der Waals surface area contributed by atoms with Crippen LogP contribution in [0.3, 0.4) is 0 Å². The van der Waals surface area contributed by atoms with Crippen LogP contribution in [0.1, 0.15) is 27.9 Å². The van der Waals surface area contributed by atoms with Crippen LogP contribution in [0.15, 0.2) is 110 Å². The van der Waals surface area contributed by atoms with Gasteiger partial charge in [0.05, 0.1) is 25.1 Å². The van der Waals surface area contributed by atoms with E-state index in [1.807, 2.05) is 91.0 Å². The smallest absolute Gasteiger partial charge is 0.307 e. The molecule has 1 heterocycles. The zero-order valence-corrected chi connectivity index (χ0v) is 18.3.